The van der Waals surface area contributed by atoms with E-state index in [1.807, 2.05) is 32.0 Å². The fraction of sp³-hybridized carbons (Fsp3) is 0.235. The van der Waals surface area contributed by atoms with Gasteiger partial charge in [0, 0.05) is 5.56 Å². The summed E-state index contributed by atoms with van der Waals surface area (Å²) in [6.07, 6.45) is 0. The number of ketones is 1. The summed E-state index contributed by atoms with van der Waals surface area (Å²) >= 11 is 3.43. The van der Waals surface area contributed by atoms with Crippen LogP contribution in [-0.4, -0.2) is 19.5 Å². The quantitative estimate of drug-likeness (QED) is 0.751. The van der Waals surface area contributed by atoms with Crippen LogP contribution in [0.3, 0.4) is 0 Å². The van der Waals surface area contributed by atoms with Gasteiger partial charge in [-0.25, -0.2) is 0 Å². The Bertz CT molecular complexity index is 665. The molecule has 21 heavy (non-hydrogen) atoms. The highest BCUT2D eigenvalue weighted by Gasteiger charge is 2.16. The maximum atomic E-state index is 12.7. The third-order valence-electron chi connectivity index (χ3n) is 3.09. The largest absolute Gasteiger partial charge is 0.496 e. The van der Waals surface area contributed by atoms with Crippen LogP contribution in [0.4, 0.5) is 0 Å². The zero-order chi connectivity index (χ0) is 15.4. The first-order chi connectivity index (χ1) is 10.1. The second kappa shape index (κ2) is 6.76. The van der Waals surface area contributed by atoms with E-state index in [1.54, 1.807) is 25.3 Å². The molecule has 4 heteroatoms. The molecule has 0 saturated heterocycles. The van der Waals surface area contributed by atoms with Crippen LogP contribution in [-0.2, 0) is 0 Å². The first-order valence-electron chi connectivity index (χ1n) is 6.68. The molecule has 0 aliphatic rings. The molecule has 0 fully saturated rings. The van der Waals surface area contributed by atoms with E-state index in [2.05, 4.69) is 15.9 Å². The average Bonchev–Trinajstić information content (AvgIpc) is 2.48. The fourth-order valence-corrected chi connectivity index (χ4v) is 2.56. The van der Waals surface area contributed by atoms with Gasteiger partial charge in [0.1, 0.15) is 11.5 Å². The molecule has 3 nitrogen and oxygen atoms in total. The van der Waals surface area contributed by atoms with Crippen LogP contribution >= 0.6 is 15.9 Å². The third-order valence-corrected chi connectivity index (χ3v) is 3.71. The highest BCUT2D eigenvalue weighted by molar-refractivity contribution is 9.10. The van der Waals surface area contributed by atoms with Crippen LogP contribution in [0.2, 0.25) is 0 Å². The zero-order valence-electron chi connectivity index (χ0n) is 12.3. The number of carbonyl (C=O) groups is 1. The lowest BCUT2D eigenvalue weighted by Crippen LogP contribution is -2.05. The van der Waals surface area contributed by atoms with E-state index in [4.69, 9.17) is 9.47 Å². The Morgan fingerprint density at radius 3 is 2.48 bits per heavy atom. The SMILES string of the molecule is CCOc1ccc(C(=O)c2cc(C)ccc2OC)cc1Br. The molecule has 2 aromatic carbocycles. The van der Waals surface area contributed by atoms with Gasteiger partial charge in [0.05, 0.1) is 23.8 Å². The van der Waals surface area contributed by atoms with Gasteiger partial charge >= 0.3 is 0 Å². The van der Waals surface area contributed by atoms with Crippen LogP contribution in [0.25, 0.3) is 0 Å². The maximum absolute atomic E-state index is 12.7. The Kier molecular flexibility index (Phi) is 5.02. The normalized spacial score (nSPS) is 10.3. The van der Waals surface area contributed by atoms with Crippen molar-refractivity contribution in [3.8, 4) is 11.5 Å². The van der Waals surface area contributed by atoms with Crippen molar-refractivity contribution in [3.05, 3.63) is 57.6 Å². The van der Waals surface area contributed by atoms with Gasteiger partial charge in [-0.1, -0.05) is 11.6 Å². The lowest BCUT2D eigenvalue weighted by atomic mass is 10.0. The summed E-state index contributed by atoms with van der Waals surface area (Å²) < 4.78 is 11.5. The monoisotopic (exact) mass is 348 g/mol. The van der Waals surface area contributed by atoms with Gasteiger partial charge in [0.15, 0.2) is 5.78 Å². The van der Waals surface area contributed by atoms with Crippen molar-refractivity contribution in [2.75, 3.05) is 13.7 Å². The summed E-state index contributed by atoms with van der Waals surface area (Å²) in [6, 6.07) is 10.9. The Balaban J connectivity index is 2.40. The second-order valence-electron chi connectivity index (χ2n) is 4.61. The highest BCUT2D eigenvalue weighted by Crippen LogP contribution is 2.29. The third kappa shape index (κ3) is 3.45. The minimum absolute atomic E-state index is 0.0701. The molecule has 0 amide bonds. The van der Waals surface area contributed by atoms with Crippen LogP contribution in [0.5, 0.6) is 11.5 Å². The van der Waals surface area contributed by atoms with E-state index in [0.717, 1.165) is 15.8 Å². The molecule has 0 aliphatic carbocycles. The fourth-order valence-electron chi connectivity index (χ4n) is 2.07. The first kappa shape index (κ1) is 15.6. The second-order valence-corrected chi connectivity index (χ2v) is 5.47. The summed E-state index contributed by atoms with van der Waals surface area (Å²) in [5.74, 6) is 1.24. The van der Waals surface area contributed by atoms with Gasteiger partial charge in [-0.3, -0.25) is 4.79 Å². The number of ether oxygens (including phenoxy) is 2. The van der Waals surface area contributed by atoms with E-state index in [1.165, 1.54) is 0 Å². The Morgan fingerprint density at radius 2 is 1.86 bits per heavy atom. The molecule has 0 unspecified atom stereocenters. The molecule has 0 atom stereocenters. The van der Waals surface area contributed by atoms with Crippen molar-refractivity contribution in [1.29, 1.82) is 0 Å². The summed E-state index contributed by atoms with van der Waals surface area (Å²) in [6.45, 7) is 4.45. The molecule has 0 spiro atoms. The number of carbonyl (C=O) groups excluding carboxylic acids is 1. The summed E-state index contributed by atoms with van der Waals surface area (Å²) in [5.41, 5.74) is 2.17. The molecule has 2 aromatic rings. The minimum atomic E-state index is -0.0701. The van der Waals surface area contributed by atoms with Crippen molar-refractivity contribution in [3.63, 3.8) is 0 Å². The average molecular weight is 349 g/mol. The molecular formula is C17H17BrO3. The molecular weight excluding hydrogens is 332 g/mol. The minimum Gasteiger partial charge on any atom is -0.496 e. The number of aryl methyl sites for hydroxylation is 1. The number of hydrogen-bond donors (Lipinski definition) is 0. The standard InChI is InChI=1S/C17H17BrO3/c1-4-21-16-8-6-12(10-14(16)18)17(19)13-9-11(2)5-7-15(13)20-3/h5-10H,4H2,1-3H3. The lowest BCUT2D eigenvalue weighted by Gasteiger charge is -2.10. The molecule has 0 N–H and O–H groups in total. The van der Waals surface area contributed by atoms with Crippen LogP contribution < -0.4 is 9.47 Å². The van der Waals surface area contributed by atoms with Crippen molar-refractivity contribution < 1.29 is 14.3 Å². The molecule has 0 aromatic heterocycles. The van der Waals surface area contributed by atoms with E-state index in [0.29, 0.717) is 23.5 Å². The van der Waals surface area contributed by atoms with E-state index < -0.39 is 0 Å². The van der Waals surface area contributed by atoms with Crippen LogP contribution in [0, 0.1) is 6.92 Å². The van der Waals surface area contributed by atoms with Gasteiger partial charge in [0.25, 0.3) is 0 Å². The lowest BCUT2D eigenvalue weighted by molar-refractivity contribution is 0.103. The van der Waals surface area contributed by atoms with Crippen LogP contribution in [0.15, 0.2) is 40.9 Å². The van der Waals surface area contributed by atoms with Gasteiger partial charge in [-0.2, -0.15) is 0 Å². The number of rotatable bonds is 5. The van der Waals surface area contributed by atoms with Crippen molar-refractivity contribution in [2.45, 2.75) is 13.8 Å². The molecule has 0 aliphatic heterocycles. The molecule has 2 rings (SSSR count). The summed E-state index contributed by atoms with van der Waals surface area (Å²) in [4.78, 5) is 12.7. The van der Waals surface area contributed by atoms with Crippen molar-refractivity contribution in [1.82, 2.24) is 0 Å². The Morgan fingerprint density at radius 1 is 1.14 bits per heavy atom. The maximum Gasteiger partial charge on any atom is 0.196 e. The number of benzene rings is 2. The van der Waals surface area contributed by atoms with E-state index >= 15 is 0 Å². The summed E-state index contributed by atoms with van der Waals surface area (Å²) in [5, 5.41) is 0. The molecule has 0 radical (unpaired) electrons. The number of halogens is 1. The number of hydrogen-bond acceptors (Lipinski definition) is 3. The van der Waals surface area contributed by atoms with Gasteiger partial charge in [-0.05, 0) is 60.1 Å². The predicted octanol–water partition coefficient (Wildman–Crippen LogP) is 4.40. The van der Waals surface area contributed by atoms with Crippen LogP contribution in [0.1, 0.15) is 28.4 Å². The van der Waals surface area contributed by atoms with Crippen molar-refractivity contribution in [2.24, 2.45) is 0 Å². The smallest absolute Gasteiger partial charge is 0.196 e. The van der Waals surface area contributed by atoms with Gasteiger partial charge < -0.3 is 9.47 Å². The molecule has 0 bridgehead atoms. The predicted molar refractivity (Wildman–Crippen MR) is 86.5 cm³/mol. The van der Waals surface area contributed by atoms with E-state index in [9.17, 15) is 4.79 Å². The Labute approximate surface area is 133 Å². The van der Waals surface area contributed by atoms with Gasteiger partial charge in [0.2, 0.25) is 0 Å². The van der Waals surface area contributed by atoms with Gasteiger partial charge in [-0.15, -0.1) is 0 Å². The summed E-state index contributed by atoms with van der Waals surface area (Å²) in [7, 11) is 1.57. The number of methoxy groups -OCH3 is 1. The Hall–Kier alpha value is -1.81. The molecule has 0 saturated carbocycles. The van der Waals surface area contributed by atoms with Crippen molar-refractivity contribution >= 4 is 21.7 Å². The highest BCUT2D eigenvalue weighted by atomic mass is 79.9. The topological polar surface area (TPSA) is 35.5 Å². The molecule has 0 heterocycles. The first-order valence-corrected chi connectivity index (χ1v) is 7.47. The molecule has 110 valence electrons. The zero-order valence-corrected chi connectivity index (χ0v) is 13.9. The van der Waals surface area contributed by atoms with E-state index in [-0.39, 0.29) is 5.78 Å².